The normalized spacial score (nSPS) is 25.7. The minimum atomic E-state index is -0.233. The number of ether oxygens (including phenoxy) is 1. The molecule has 2 aromatic rings. The van der Waals surface area contributed by atoms with Crippen molar-refractivity contribution in [1.82, 2.24) is 9.88 Å². The summed E-state index contributed by atoms with van der Waals surface area (Å²) < 4.78 is 18.5. The van der Waals surface area contributed by atoms with Crippen LogP contribution in [0.4, 0.5) is 4.39 Å². The van der Waals surface area contributed by atoms with E-state index >= 15 is 0 Å². The molecule has 2 atom stereocenters. The number of aromatic amines is 1. The first kappa shape index (κ1) is 14.5. The summed E-state index contributed by atoms with van der Waals surface area (Å²) in [5, 5.41) is 1.04. The molecule has 4 rings (SSSR count). The maximum atomic E-state index is 13.3. The molecule has 1 aromatic carbocycles. The zero-order valence-electron chi connectivity index (χ0n) is 13.0. The summed E-state index contributed by atoms with van der Waals surface area (Å²) in [5.74, 6) is -0.333. The fourth-order valence-corrected chi connectivity index (χ4v) is 3.61. The van der Waals surface area contributed by atoms with E-state index in [0.717, 1.165) is 42.4 Å². The second-order valence-electron chi connectivity index (χ2n) is 6.37. The van der Waals surface area contributed by atoms with Crippen LogP contribution in [0.2, 0.25) is 0 Å². The highest BCUT2D eigenvalue weighted by molar-refractivity contribution is 5.92. The molecule has 0 aliphatic carbocycles. The van der Waals surface area contributed by atoms with Crippen LogP contribution in [0.15, 0.2) is 30.5 Å². The van der Waals surface area contributed by atoms with Crippen molar-refractivity contribution in [3.05, 3.63) is 41.9 Å². The highest BCUT2D eigenvalue weighted by atomic mass is 19.1. The van der Waals surface area contributed by atoms with Crippen LogP contribution < -0.4 is 0 Å². The van der Waals surface area contributed by atoms with Crippen LogP contribution in [0.3, 0.4) is 0 Å². The molecule has 0 spiro atoms. The number of hydrogen-bond donors (Lipinski definition) is 1. The lowest BCUT2D eigenvalue weighted by atomic mass is 9.97. The van der Waals surface area contributed by atoms with Gasteiger partial charge in [0, 0.05) is 42.2 Å². The van der Waals surface area contributed by atoms with Crippen molar-refractivity contribution < 1.29 is 13.9 Å². The Morgan fingerprint density at radius 2 is 2.26 bits per heavy atom. The quantitative estimate of drug-likeness (QED) is 0.866. The summed E-state index contributed by atoms with van der Waals surface area (Å²) in [6.07, 6.45) is 5.78. The highest BCUT2D eigenvalue weighted by Crippen LogP contribution is 2.31. The van der Waals surface area contributed by atoms with E-state index in [0.29, 0.717) is 0 Å². The van der Waals surface area contributed by atoms with Crippen LogP contribution in [-0.2, 0) is 9.53 Å². The molecule has 0 unspecified atom stereocenters. The monoisotopic (exact) mass is 314 g/mol. The molecule has 1 saturated heterocycles. The number of carbonyl (C=O) groups is 1. The van der Waals surface area contributed by atoms with Gasteiger partial charge in [0.25, 0.3) is 0 Å². The molecule has 5 heteroatoms. The standard InChI is InChI=1S/C18H19FN2O2/c1-11-8-17(18(22)23-11)21-6-4-12(5-7-21)15-10-20-16-9-13(19)2-3-14(15)16/h2-4,9-11,17,20H,5-8H2,1H3/t11-,17-/m1/s1. The number of fused-ring (bicyclic) bond motifs is 1. The van der Waals surface area contributed by atoms with Gasteiger partial charge in [-0.2, -0.15) is 0 Å². The van der Waals surface area contributed by atoms with Crippen LogP contribution in [-0.4, -0.2) is 41.1 Å². The maximum Gasteiger partial charge on any atom is 0.323 e. The van der Waals surface area contributed by atoms with Crippen LogP contribution in [0.1, 0.15) is 25.3 Å². The third-order valence-electron chi connectivity index (χ3n) is 4.82. The zero-order valence-corrected chi connectivity index (χ0v) is 13.0. The van der Waals surface area contributed by atoms with E-state index in [-0.39, 0.29) is 23.9 Å². The van der Waals surface area contributed by atoms with Crippen molar-refractivity contribution >= 4 is 22.4 Å². The third-order valence-corrected chi connectivity index (χ3v) is 4.82. The molecule has 23 heavy (non-hydrogen) atoms. The lowest BCUT2D eigenvalue weighted by Crippen LogP contribution is -2.41. The molecule has 0 saturated carbocycles. The van der Waals surface area contributed by atoms with Gasteiger partial charge in [-0.1, -0.05) is 6.08 Å². The van der Waals surface area contributed by atoms with Gasteiger partial charge in [-0.3, -0.25) is 9.69 Å². The molecule has 2 aliphatic rings. The largest absolute Gasteiger partial charge is 0.461 e. The van der Waals surface area contributed by atoms with Crippen LogP contribution >= 0.6 is 0 Å². The van der Waals surface area contributed by atoms with E-state index in [1.807, 2.05) is 19.2 Å². The Morgan fingerprint density at radius 1 is 1.39 bits per heavy atom. The second kappa shape index (κ2) is 5.49. The molecule has 4 nitrogen and oxygen atoms in total. The van der Waals surface area contributed by atoms with Gasteiger partial charge in [-0.05, 0) is 37.1 Å². The van der Waals surface area contributed by atoms with Crippen molar-refractivity contribution in [2.75, 3.05) is 13.1 Å². The number of cyclic esters (lactones) is 1. The smallest absolute Gasteiger partial charge is 0.323 e. The van der Waals surface area contributed by atoms with Crippen molar-refractivity contribution in [3.8, 4) is 0 Å². The summed E-state index contributed by atoms with van der Waals surface area (Å²) in [4.78, 5) is 17.2. The molecule has 2 aliphatic heterocycles. The molecule has 0 amide bonds. The third kappa shape index (κ3) is 2.55. The predicted octanol–water partition coefficient (Wildman–Crippen LogP) is 3.10. The van der Waals surface area contributed by atoms with Gasteiger partial charge in [-0.15, -0.1) is 0 Å². The van der Waals surface area contributed by atoms with E-state index < -0.39 is 0 Å². The predicted molar refractivity (Wildman–Crippen MR) is 86.4 cm³/mol. The van der Waals surface area contributed by atoms with Crippen LogP contribution in [0, 0.1) is 5.82 Å². The van der Waals surface area contributed by atoms with E-state index in [1.54, 1.807) is 0 Å². The minimum absolute atomic E-state index is 0.0152. The van der Waals surface area contributed by atoms with Crippen LogP contribution in [0.5, 0.6) is 0 Å². The number of esters is 1. The van der Waals surface area contributed by atoms with Gasteiger partial charge in [0.15, 0.2) is 0 Å². The van der Waals surface area contributed by atoms with Crippen LogP contribution in [0.25, 0.3) is 16.5 Å². The first-order valence-electron chi connectivity index (χ1n) is 8.02. The number of H-pyrrole nitrogens is 1. The summed E-state index contributed by atoms with van der Waals surface area (Å²) in [6.45, 7) is 3.52. The molecule has 1 aromatic heterocycles. The van der Waals surface area contributed by atoms with Gasteiger partial charge >= 0.3 is 5.97 Å². The van der Waals surface area contributed by atoms with Gasteiger partial charge in [0.1, 0.15) is 18.0 Å². The molecule has 0 bridgehead atoms. The molecule has 1 N–H and O–H groups in total. The molecule has 3 heterocycles. The second-order valence-corrected chi connectivity index (χ2v) is 6.37. The Kier molecular flexibility index (Phi) is 3.45. The fraction of sp³-hybridized carbons (Fsp3) is 0.389. The van der Waals surface area contributed by atoms with Gasteiger partial charge < -0.3 is 9.72 Å². The summed E-state index contributed by atoms with van der Waals surface area (Å²) >= 11 is 0. The van der Waals surface area contributed by atoms with E-state index in [1.165, 1.54) is 17.7 Å². The molecular formula is C18H19FN2O2. The fourth-order valence-electron chi connectivity index (χ4n) is 3.61. The lowest BCUT2D eigenvalue weighted by molar-refractivity contribution is -0.144. The zero-order chi connectivity index (χ0) is 16.0. The van der Waals surface area contributed by atoms with Crippen molar-refractivity contribution in [1.29, 1.82) is 0 Å². The summed E-state index contributed by atoms with van der Waals surface area (Å²) in [5.41, 5.74) is 3.19. The first-order chi connectivity index (χ1) is 11.1. The minimum Gasteiger partial charge on any atom is -0.461 e. The number of carbonyl (C=O) groups excluding carboxylic acids is 1. The number of benzene rings is 1. The number of halogens is 1. The highest BCUT2D eigenvalue weighted by Gasteiger charge is 2.36. The molecule has 120 valence electrons. The molecular weight excluding hydrogens is 295 g/mol. The van der Waals surface area contributed by atoms with E-state index in [4.69, 9.17) is 4.74 Å². The maximum absolute atomic E-state index is 13.3. The van der Waals surface area contributed by atoms with Crippen molar-refractivity contribution in [2.45, 2.75) is 31.9 Å². The average molecular weight is 314 g/mol. The molecule has 1 fully saturated rings. The Balaban J connectivity index is 1.56. The number of aromatic nitrogens is 1. The number of nitrogens with one attached hydrogen (secondary N) is 1. The Hall–Kier alpha value is -2.14. The first-order valence-corrected chi connectivity index (χ1v) is 8.02. The summed E-state index contributed by atoms with van der Waals surface area (Å²) in [7, 11) is 0. The number of nitrogens with zero attached hydrogens (tertiary/aromatic N) is 1. The van der Waals surface area contributed by atoms with Gasteiger partial charge in [-0.25, -0.2) is 4.39 Å². The molecule has 0 radical (unpaired) electrons. The average Bonchev–Trinajstić information content (AvgIpc) is 3.10. The van der Waals surface area contributed by atoms with E-state index in [2.05, 4.69) is 16.0 Å². The van der Waals surface area contributed by atoms with Gasteiger partial charge in [0.05, 0.1) is 0 Å². The Labute approximate surface area is 133 Å². The Bertz CT molecular complexity index is 795. The lowest BCUT2D eigenvalue weighted by Gasteiger charge is -2.29. The SMILES string of the molecule is C[C@@H]1C[C@@H](N2CC=C(c3c[nH]c4cc(F)ccc34)CC2)C(=O)O1. The Morgan fingerprint density at radius 3 is 2.96 bits per heavy atom. The van der Waals surface area contributed by atoms with Crippen molar-refractivity contribution in [3.63, 3.8) is 0 Å². The number of hydrogen-bond acceptors (Lipinski definition) is 3. The van der Waals surface area contributed by atoms with E-state index in [9.17, 15) is 9.18 Å². The van der Waals surface area contributed by atoms with Gasteiger partial charge in [0.2, 0.25) is 0 Å². The van der Waals surface area contributed by atoms with Crippen molar-refractivity contribution in [2.24, 2.45) is 0 Å². The topological polar surface area (TPSA) is 45.3 Å². The number of rotatable bonds is 2. The summed E-state index contributed by atoms with van der Waals surface area (Å²) in [6, 6.07) is 4.72.